The highest BCUT2D eigenvalue weighted by Gasteiger charge is 2.35. The van der Waals surface area contributed by atoms with Crippen LogP contribution in [0.5, 0.6) is 17.2 Å². The average molecular weight is 342 g/mol. The highest BCUT2D eigenvalue weighted by molar-refractivity contribution is 5.54. The Bertz CT molecular complexity index is 970. The monoisotopic (exact) mass is 342 g/mol. The first-order valence-electron chi connectivity index (χ1n) is 7.22. The number of hydrogen-bond acceptors (Lipinski definition) is 8. The van der Waals surface area contributed by atoms with E-state index in [9.17, 15) is 20.3 Å². The van der Waals surface area contributed by atoms with Crippen LogP contribution >= 0.6 is 0 Å². The molecule has 0 saturated heterocycles. The summed E-state index contributed by atoms with van der Waals surface area (Å²) in [5.41, 5.74) is 5.81. The van der Waals surface area contributed by atoms with Crippen LogP contribution in [0.2, 0.25) is 0 Å². The van der Waals surface area contributed by atoms with Crippen molar-refractivity contribution in [3.63, 3.8) is 0 Å². The molecule has 8 heteroatoms. The van der Waals surface area contributed by atoms with Gasteiger partial charge in [-0.2, -0.15) is 5.26 Å². The second kappa shape index (κ2) is 6.22. The van der Waals surface area contributed by atoms with Gasteiger partial charge < -0.3 is 29.8 Å². The zero-order valence-electron chi connectivity index (χ0n) is 13.1. The number of aliphatic hydroxyl groups excluding tert-OH is 1. The minimum Gasteiger partial charge on any atom is -0.504 e. The highest BCUT2D eigenvalue weighted by Crippen LogP contribution is 2.42. The van der Waals surface area contributed by atoms with Crippen LogP contribution in [0.15, 0.2) is 44.9 Å². The molecular formula is C17H14N2O6. The smallest absolute Gasteiger partial charge is 0.228 e. The minimum atomic E-state index is -0.845. The van der Waals surface area contributed by atoms with Gasteiger partial charge in [0.15, 0.2) is 17.3 Å². The number of hydrogen-bond donors (Lipinski definition) is 3. The Morgan fingerprint density at radius 3 is 2.80 bits per heavy atom. The molecule has 0 amide bonds. The van der Waals surface area contributed by atoms with Crippen LogP contribution in [-0.2, 0) is 6.61 Å². The number of fused-ring (bicyclic) bond motifs is 1. The Morgan fingerprint density at radius 2 is 2.16 bits per heavy atom. The van der Waals surface area contributed by atoms with Gasteiger partial charge in [0.2, 0.25) is 17.1 Å². The van der Waals surface area contributed by atoms with E-state index in [1.807, 2.05) is 6.07 Å². The first kappa shape index (κ1) is 16.4. The summed E-state index contributed by atoms with van der Waals surface area (Å²) < 4.78 is 15.9. The summed E-state index contributed by atoms with van der Waals surface area (Å²) in [6.07, 6.45) is 0. The number of ether oxygens (including phenoxy) is 2. The van der Waals surface area contributed by atoms with Gasteiger partial charge >= 0.3 is 0 Å². The van der Waals surface area contributed by atoms with Crippen molar-refractivity contribution < 1.29 is 24.1 Å². The van der Waals surface area contributed by atoms with Gasteiger partial charge in [-0.3, -0.25) is 4.79 Å². The second-order valence-corrected chi connectivity index (χ2v) is 5.28. The van der Waals surface area contributed by atoms with Gasteiger partial charge in [-0.1, -0.05) is 6.07 Å². The highest BCUT2D eigenvalue weighted by atomic mass is 16.5. The fourth-order valence-corrected chi connectivity index (χ4v) is 2.67. The number of nitrogens with zero attached hydrogens (tertiary/aromatic N) is 1. The Hall–Kier alpha value is -3.44. The van der Waals surface area contributed by atoms with E-state index in [-0.39, 0.29) is 40.2 Å². The first-order chi connectivity index (χ1) is 12.0. The standard InChI is InChI=1S/C17H14N2O6/c1-23-13-4-8(2-3-11(13)21)14-10(6-18)17(19)25-15-12(22)5-9(7-20)24-16(14)15/h2-5,14,20-21H,7,19H2,1H3/t14-/m1/s1. The summed E-state index contributed by atoms with van der Waals surface area (Å²) in [6, 6.07) is 7.50. The number of benzene rings is 1. The molecule has 1 aliphatic heterocycles. The maximum Gasteiger partial charge on any atom is 0.228 e. The van der Waals surface area contributed by atoms with Crippen molar-refractivity contribution in [2.75, 3.05) is 7.11 Å². The summed E-state index contributed by atoms with van der Waals surface area (Å²) in [7, 11) is 1.39. The molecule has 1 atom stereocenters. The molecule has 0 bridgehead atoms. The molecule has 4 N–H and O–H groups in total. The van der Waals surface area contributed by atoms with Gasteiger partial charge in [-0.05, 0) is 17.7 Å². The fourth-order valence-electron chi connectivity index (χ4n) is 2.67. The third kappa shape index (κ3) is 2.66. The first-order valence-corrected chi connectivity index (χ1v) is 7.22. The maximum absolute atomic E-state index is 12.2. The topological polar surface area (TPSA) is 139 Å². The summed E-state index contributed by atoms with van der Waals surface area (Å²) in [5, 5.41) is 28.5. The van der Waals surface area contributed by atoms with Crippen molar-refractivity contribution >= 4 is 0 Å². The van der Waals surface area contributed by atoms with Gasteiger partial charge in [0.25, 0.3) is 0 Å². The summed E-state index contributed by atoms with van der Waals surface area (Å²) in [6.45, 7) is -0.491. The lowest BCUT2D eigenvalue weighted by atomic mass is 9.87. The predicted molar refractivity (Wildman–Crippen MR) is 84.9 cm³/mol. The molecule has 8 nitrogen and oxygen atoms in total. The normalized spacial score (nSPS) is 16.0. The number of rotatable bonds is 3. The van der Waals surface area contributed by atoms with Gasteiger partial charge in [-0.15, -0.1) is 0 Å². The Labute approximate surface area is 141 Å². The second-order valence-electron chi connectivity index (χ2n) is 5.28. The number of aromatic hydroxyl groups is 1. The molecule has 2 heterocycles. The molecule has 1 aliphatic rings. The molecule has 128 valence electrons. The molecule has 3 rings (SSSR count). The lowest BCUT2D eigenvalue weighted by Gasteiger charge is -2.25. The van der Waals surface area contributed by atoms with E-state index < -0.39 is 18.0 Å². The van der Waals surface area contributed by atoms with Crippen LogP contribution in [-0.4, -0.2) is 17.3 Å². The number of nitriles is 1. The van der Waals surface area contributed by atoms with Crippen molar-refractivity contribution in [2.45, 2.75) is 12.5 Å². The Morgan fingerprint density at radius 1 is 1.40 bits per heavy atom. The molecule has 1 aromatic heterocycles. The lowest BCUT2D eigenvalue weighted by Crippen LogP contribution is -2.25. The zero-order chi connectivity index (χ0) is 18.1. The lowest BCUT2D eigenvalue weighted by molar-refractivity contribution is 0.231. The van der Waals surface area contributed by atoms with E-state index in [4.69, 9.17) is 19.6 Å². The van der Waals surface area contributed by atoms with Crippen LogP contribution in [0.25, 0.3) is 0 Å². The zero-order valence-corrected chi connectivity index (χ0v) is 13.1. The van der Waals surface area contributed by atoms with Crippen LogP contribution in [0.4, 0.5) is 0 Å². The molecule has 2 aromatic rings. The third-order valence-corrected chi connectivity index (χ3v) is 3.82. The molecule has 0 unspecified atom stereocenters. The number of allylic oxidation sites excluding steroid dienone is 1. The molecule has 0 aliphatic carbocycles. The largest absolute Gasteiger partial charge is 0.504 e. The van der Waals surface area contributed by atoms with Crippen LogP contribution in [0, 0.1) is 11.3 Å². The maximum atomic E-state index is 12.2. The molecule has 0 saturated carbocycles. The number of nitrogens with two attached hydrogens (primary N) is 1. The average Bonchev–Trinajstić information content (AvgIpc) is 2.61. The Kier molecular flexibility index (Phi) is 4.09. The molecule has 25 heavy (non-hydrogen) atoms. The number of methoxy groups -OCH3 is 1. The van der Waals surface area contributed by atoms with Gasteiger partial charge in [0, 0.05) is 6.07 Å². The summed E-state index contributed by atoms with van der Waals surface area (Å²) in [5.74, 6) is -1.03. The van der Waals surface area contributed by atoms with Crippen LogP contribution in [0.1, 0.15) is 23.0 Å². The number of phenols is 1. The molecular weight excluding hydrogens is 328 g/mol. The van der Waals surface area contributed by atoms with E-state index in [1.54, 1.807) is 6.07 Å². The van der Waals surface area contributed by atoms with E-state index >= 15 is 0 Å². The van der Waals surface area contributed by atoms with Gasteiger partial charge in [-0.25, -0.2) is 0 Å². The van der Waals surface area contributed by atoms with E-state index in [0.717, 1.165) is 6.07 Å². The van der Waals surface area contributed by atoms with E-state index in [2.05, 4.69) is 0 Å². The van der Waals surface area contributed by atoms with Crippen LogP contribution in [0.3, 0.4) is 0 Å². The van der Waals surface area contributed by atoms with Crippen molar-refractivity contribution in [1.29, 1.82) is 5.26 Å². The Balaban J connectivity index is 2.29. The van der Waals surface area contributed by atoms with Gasteiger partial charge in [0.05, 0.1) is 13.0 Å². The quantitative estimate of drug-likeness (QED) is 0.752. The third-order valence-electron chi connectivity index (χ3n) is 3.82. The van der Waals surface area contributed by atoms with Crippen molar-refractivity contribution in [3.8, 4) is 23.3 Å². The van der Waals surface area contributed by atoms with Crippen LogP contribution < -0.4 is 20.6 Å². The van der Waals surface area contributed by atoms with E-state index in [0.29, 0.717) is 5.56 Å². The number of aliphatic hydroxyl groups is 1. The molecule has 0 radical (unpaired) electrons. The van der Waals surface area contributed by atoms with Crippen molar-refractivity contribution in [1.82, 2.24) is 0 Å². The van der Waals surface area contributed by atoms with E-state index in [1.165, 1.54) is 19.2 Å². The molecule has 0 fully saturated rings. The summed E-state index contributed by atoms with van der Waals surface area (Å²) in [4.78, 5) is 12.2. The number of phenolic OH excluding ortho intramolecular Hbond substituents is 1. The SMILES string of the molecule is COc1cc([C@@H]2C(C#N)=C(N)Oc3c2oc(CO)cc3=O)ccc1O. The molecule has 0 spiro atoms. The van der Waals surface area contributed by atoms with Crippen molar-refractivity contribution in [2.24, 2.45) is 5.73 Å². The fraction of sp³-hybridized carbons (Fsp3) is 0.176. The minimum absolute atomic E-state index is 0.0286. The molecule has 1 aromatic carbocycles. The predicted octanol–water partition coefficient (Wildman–Crippen LogP) is 1.06. The van der Waals surface area contributed by atoms with Crippen molar-refractivity contribution in [3.05, 3.63) is 63.0 Å². The summed E-state index contributed by atoms with van der Waals surface area (Å²) >= 11 is 0. The van der Waals surface area contributed by atoms with Gasteiger partial charge in [0.1, 0.15) is 24.0 Å².